The van der Waals surface area contributed by atoms with Gasteiger partial charge in [0.2, 0.25) is 10.2 Å². The molecule has 0 aliphatic heterocycles. The normalized spacial score (nSPS) is 5.43. The molecule has 0 rings (SSSR count). The minimum atomic E-state index is -2.46. The van der Waals surface area contributed by atoms with Crippen LogP contribution < -0.4 is 0 Å². The molecule has 0 aliphatic carbocycles. The average Bonchev–Trinajstić information content (AvgIpc) is 1.73. The maximum absolute atomic E-state index is 9.02. The molecule has 3 nitrogen and oxygen atoms in total. The van der Waals surface area contributed by atoms with Crippen LogP contribution in [-0.2, 0) is 19.5 Å². The maximum Gasteiger partial charge on any atom is 0.311 e. The molecule has 0 bridgehead atoms. The molecule has 0 amide bonds. The summed E-state index contributed by atoms with van der Waals surface area (Å²) in [5.41, 5.74) is 0. The van der Waals surface area contributed by atoms with Crippen LogP contribution in [0.5, 0.6) is 0 Å². The first kappa shape index (κ1) is 9.96. The summed E-state index contributed by atoms with van der Waals surface area (Å²) in [5, 5.41) is 0. The van der Waals surface area contributed by atoms with Gasteiger partial charge in [-0.3, -0.25) is 0 Å². The molecule has 0 aromatic rings. The van der Waals surface area contributed by atoms with Crippen molar-refractivity contribution in [1.82, 2.24) is 0 Å². The zero-order valence-corrected chi connectivity index (χ0v) is 5.67. The second kappa shape index (κ2) is 9.28. The first-order valence-electron chi connectivity index (χ1n) is 1.67. The van der Waals surface area contributed by atoms with Gasteiger partial charge >= 0.3 is 9.26 Å². The van der Waals surface area contributed by atoms with Crippen molar-refractivity contribution in [1.29, 1.82) is 0 Å². The predicted octanol–water partition coefficient (Wildman–Crippen LogP) is 0.0197. The summed E-state index contributed by atoms with van der Waals surface area (Å²) in [7, 11) is -2.92. The van der Waals surface area contributed by atoms with Gasteiger partial charge < -0.3 is 0 Å². The van der Waals surface area contributed by atoms with Gasteiger partial charge in [-0.2, -0.15) is 12.6 Å². The van der Waals surface area contributed by atoms with E-state index in [1.165, 1.54) is 0 Å². The Labute approximate surface area is 46.6 Å². The smallest absolute Gasteiger partial charge is 0.195 e. The molecule has 0 saturated heterocycles. The number of hydrogen-bond donors (Lipinski definition) is 0. The molecule has 0 spiro atoms. The van der Waals surface area contributed by atoms with Crippen LogP contribution in [0.4, 0.5) is 0 Å². The zero-order chi connectivity index (χ0) is 6.28. The number of hydrogen-bond acceptors (Lipinski definition) is 3. The fraction of sp³-hybridized carbons (Fsp3) is 1.00. The SMILES string of the molecule is CC.O=S=S(=O)=O. The van der Waals surface area contributed by atoms with Crippen molar-refractivity contribution in [3.63, 3.8) is 0 Å². The van der Waals surface area contributed by atoms with Crippen molar-refractivity contribution >= 4 is 19.5 Å². The molecule has 0 aliphatic rings. The summed E-state index contributed by atoms with van der Waals surface area (Å²) >= 11 is 0. The van der Waals surface area contributed by atoms with Gasteiger partial charge in [0.1, 0.15) is 0 Å². The molecule has 0 aromatic heterocycles. The lowest BCUT2D eigenvalue weighted by molar-refractivity contribution is 0.626. The Kier molecular flexibility index (Phi) is 13.2. The van der Waals surface area contributed by atoms with Crippen LogP contribution in [0.15, 0.2) is 0 Å². The second-order valence-electron chi connectivity index (χ2n) is 0.272. The van der Waals surface area contributed by atoms with Crippen LogP contribution in [0.1, 0.15) is 13.8 Å². The highest BCUT2D eigenvalue weighted by molar-refractivity contribution is 8.17. The lowest BCUT2D eigenvalue weighted by Crippen LogP contribution is -1.43. The first-order valence-corrected chi connectivity index (χ1v) is 4.00. The summed E-state index contributed by atoms with van der Waals surface area (Å²) < 4.78 is 27.0. The van der Waals surface area contributed by atoms with E-state index in [4.69, 9.17) is 12.6 Å². The molecular weight excluding hydrogens is 136 g/mol. The third-order valence-corrected chi connectivity index (χ3v) is 0.500. The minimum Gasteiger partial charge on any atom is -0.195 e. The quantitative estimate of drug-likeness (QED) is 0.479. The van der Waals surface area contributed by atoms with Crippen LogP contribution in [-0.4, -0.2) is 12.6 Å². The lowest BCUT2D eigenvalue weighted by Gasteiger charge is -1.20. The summed E-state index contributed by atoms with van der Waals surface area (Å²) in [6, 6.07) is 0. The van der Waals surface area contributed by atoms with Gasteiger partial charge in [0, 0.05) is 0 Å². The van der Waals surface area contributed by atoms with Crippen molar-refractivity contribution < 1.29 is 12.6 Å². The van der Waals surface area contributed by atoms with E-state index in [9.17, 15) is 0 Å². The van der Waals surface area contributed by atoms with E-state index in [2.05, 4.69) is 0 Å². The van der Waals surface area contributed by atoms with E-state index in [0.717, 1.165) is 0 Å². The van der Waals surface area contributed by atoms with Gasteiger partial charge in [0.15, 0.2) is 0 Å². The van der Waals surface area contributed by atoms with Gasteiger partial charge in [0.25, 0.3) is 0 Å². The molecule has 44 valence electrons. The summed E-state index contributed by atoms with van der Waals surface area (Å²) in [5.74, 6) is 0. The number of rotatable bonds is 0. The lowest BCUT2D eigenvalue weighted by atomic mass is 11.0. The molecule has 7 heavy (non-hydrogen) atoms. The van der Waals surface area contributed by atoms with Crippen molar-refractivity contribution in [2.45, 2.75) is 13.8 Å². The van der Waals surface area contributed by atoms with E-state index in [-0.39, 0.29) is 0 Å². The zero-order valence-electron chi connectivity index (χ0n) is 4.04. The summed E-state index contributed by atoms with van der Waals surface area (Å²) in [6.45, 7) is 4.00. The predicted molar refractivity (Wildman–Crippen MR) is 28.4 cm³/mol. The van der Waals surface area contributed by atoms with Crippen molar-refractivity contribution in [2.75, 3.05) is 0 Å². The Morgan fingerprint density at radius 1 is 1.29 bits per heavy atom. The highest BCUT2D eigenvalue weighted by Gasteiger charge is 1.46. The minimum absolute atomic E-state index is 0.454. The van der Waals surface area contributed by atoms with E-state index in [0.29, 0.717) is 0 Å². The molecule has 0 saturated carbocycles. The molecule has 0 heterocycles. The molecule has 0 atom stereocenters. The molecule has 0 unspecified atom stereocenters. The Bertz CT molecular complexity index is 142. The Morgan fingerprint density at radius 3 is 1.43 bits per heavy atom. The molecule has 0 aromatic carbocycles. The maximum atomic E-state index is 9.02. The summed E-state index contributed by atoms with van der Waals surface area (Å²) in [6.07, 6.45) is 0. The molecule has 0 fully saturated rings. The van der Waals surface area contributed by atoms with Crippen LogP contribution in [0.2, 0.25) is 0 Å². The van der Waals surface area contributed by atoms with Gasteiger partial charge in [-0.1, -0.05) is 13.8 Å². The third kappa shape index (κ3) is 25.4. The van der Waals surface area contributed by atoms with E-state index >= 15 is 0 Å². The Morgan fingerprint density at radius 2 is 1.43 bits per heavy atom. The highest BCUT2D eigenvalue weighted by Crippen LogP contribution is 1.21. The van der Waals surface area contributed by atoms with Gasteiger partial charge in [-0.25, -0.2) is 0 Å². The molecule has 0 N–H and O–H groups in total. The first-order chi connectivity index (χ1) is 3.27. The summed E-state index contributed by atoms with van der Waals surface area (Å²) in [4.78, 5) is 0. The van der Waals surface area contributed by atoms with Gasteiger partial charge in [0.05, 0.1) is 0 Å². The molecular formula is C2H6O3S2. The fourth-order valence-electron chi connectivity index (χ4n) is 0. The second-order valence-corrected chi connectivity index (χ2v) is 2.04. The van der Waals surface area contributed by atoms with E-state index < -0.39 is 19.5 Å². The average molecular weight is 142 g/mol. The standard InChI is InChI=1S/C2H6.O3S2/c1-2;1-4-5(2)3/h1-2H3;. The Balaban J connectivity index is 0. The third-order valence-electron chi connectivity index (χ3n) is 0.0556. The van der Waals surface area contributed by atoms with Crippen LogP contribution in [0, 0.1) is 0 Å². The van der Waals surface area contributed by atoms with E-state index in [1.807, 2.05) is 13.8 Å². The topological polar surface area (TPSA) is 51.2 Å². The fourth-order valence-corrected chi connectivity index (χ4v) is 0. The highest BCUT2D eigenvalue weighted by atomic mass is 32.8. The van der Waals surface area contributed by atoms with Crippen molar-refractivity contribution in [3.05, 3.63) is 0 Å². The van der Waals surface area contributed by atoms with E-state index in [1.54, 1.807) is 0 Å². The van der Waals surface area contributed by atoms with Crippen LogP contribution >= 0.6 is 0 Å². The molecule has 5 heteroatoms. The molecule has 0 radical (unpaired) electrons. The Hall–Kier alpha value is -0.160. The monoisotopic (exact) mass is 142 g/mol. The van der Waals surface area contributed by atoms with Crippen LogP contribution in [0.25, 0.3) is 0 Å². The largest absolute Gasteiger partial charge is 0.311 e. The van der Waals surface area contributed by atoms with Crippen molar-refractivity contribution in [2.24, 2.45) is 0 Å². The van der Waals surface area contributed by atoms with Crippen molar-refractivity contribution in [3.8, 4) is 0 Å². The van der Waals surface area contributed by atoms with Gasteiger partial charge in [-0.15, -0.1) is 0 Å². The van der Waals surface area contributed by atoms with Gasteiger partial charge in [-0.05, 0) is 0 Å². The van der Waals surface area contributed by atoms with Crippen LogP contribution in [0.3, 0.4) is 0 Å².